The maximum absolute atomic E-state index is 13.2. The van der Waals surface area contributed by atoms with Gasteiger partial charge in [0.05, 0.1) is 24.8 Å². The second-order valence-electron chi connectivity index (χ2n) is 7.52. The van der Waals surface area contributed by atoms with Gasteiger partial charge in [-0.05, 0) is 61.7 Å². The molecule has 156 valence electrons. The van der Waals surface area contributed by atoms with E-state index < -0.39 is 5.97 Å². The van der Waals surface area contributed by atoms with Crippen LogP contribution in [-0.2, 0) is 4.74 Å². The second-order valence-corrected chi connectivity index (χ2v) is 7.52. The predicted molar refractivity (Wildman–Crippen MR) is 111 cm³/mol. The Hall–Kier alpha value is -3.35. The highest BCUT2D eigenvalue weighted by atomic mass is 16.5. The molecule has 7 nitrogen and oxygen atoms in total. The van der Waals surface area contributed by atoms with Crippen LogP contribution in [0.15, 0.2) is 42.5 Å². The van der Waals surface area contributed by atoms with E-state index >= 15 is 0 Å². The van der Waals surface area contributed by atoms with Crippen molar-refractivity contribution in [2.45, 2.75) is 31.7 Å². The minimum absolute atomic E-state index is 0.0482. The Morgan fingerprint density at radius 1 is 1.07 bits per heavy atom. The average Bonchev–Trinajstić information content (AvgIpc) is 2.78. The molecule has 0 aliphatic carbocycles. The first-order valence-corrected chi connectivity index (χ1v) is 10.1. The number of benzene rings is 2. The lowest BCUT2D eigenvalue weighted by molar-refractivity contribution is 0.0547. The Morgan fingerprint density at radius 2 is 1.83 bits per heavy atom. The van der Waals surface area contributed by atoms with Crippen LogP contribution in [0.5, 0.6) is 5.75 Å². The molecule has 2 aromatic rings. The molecule has 1 atom stereocenters. The topological polar surface area (TPSA) is 84.9 Å². The number of fused-ring (bicyclic) bond motifs is 2. The van der Waals surface area contributed by atoms with E-state index in [0.29, 0.717) is 34.7 Å². The SMILES string of the molecule is COC(=O)c1ccc(C(=O)Nc2ccc3c(c2)C(=O)N2CCCCC2CCO3)cc1. The van der Waals surface area contributed by atoms with Gasteiger partial charge in [-0.3, -0.25) is 9.59 Å². The third kappa shape index (κ3) is 4.01. The van der Waals surface area contributed by atoms with E-state index in [4.69, 9.17) is 4.74 Å². The number of rotatable bonds is 3. The molecule has 2 aromatic carbocycles. The monoisotopic (exact) mass is 408 g/mol. The van der Waals surface area contributed by atoms with Crippen LogP contribution in [-0.4, -0.2) is 49.0 Å². The Balaban J connectivity index is 1.54. The van der Waals surface area contributed by atoms with Crippen molar-refractivity contribution in [3.8, 4) is 5.75 Å². The summed E-state index contributed by atoms with van der Waals surface area (Å²) in [5.41, 5.74) is 1.75. The summed E-state index contributed by atoms with van der Waals surface area (Å²) in [4.78, 5) is 39.2. The van der Waals surface area contributed by atoms with E-state index in [-0.39, 0.29) is 17.9 Å². The van der Waals surface area contributed by atoms with Gasteiger partial charge in [0.25, 0.3) is 11.8 Å². The van der Waals surface area contributed by atoms with Gasteiger partial charge in [0.15, 0.2) is 0 Å². The van der Waals surface area contributed by atoms with Crippen LogP contribution in [0.4, 0.5) is 5.69 Å². The van der Waals surface area contributed by atoms with Crippen molar-refractivity contribution in [3.63, 3.8) is 0 Å². The molecular weight excluding hydrogens is 384 g/mol. The van der Waals surface area contributed by atoms with E-state index in [2.05, 4.69) is 10.1 Å². The number of amides is 2. The minimum atomic E-state index is -0.460. The van der Waals surface area contributed by atoms with E-state index in [1.807, 2.05) is 4.90 Å². The first-order chi connectivity index (χ1) is 14.6. The first kappa shape index (κ1) is 19.9. The number of methoxy groups -OCH3 is 1. The number of esters is 1. The number of carbonyl (C=O) groups excluding carboxylic acids is 3. The normalized spacial score (nSPS) is 18.2. The van der Waals surface area contributed by atoms with Crippen molar-refractivity contribution in [3.05, 3.63) is 59.2 Å². The van der Waals surface area contributed by atoms with Gasteiger partial charge in [-0.15, -0.1) is 0 Å². The molecule has 1 unspecified atom stereocenters. The average molecular weight is 408 g/mol. The first-order valence-electron chi connectivity index (χ1n) is 10.1. The van der Waals surface area contributed by atoms with Gasteiger partial charge in [0.1, 0.15) is 5.75 Å². The molecule has 1 saturated heterocycles. The molecule has 1 fully saturated rings. The smallest absolute Gasteiger partial charge is 0.337 e. The fraction of sp³-hybridized carbons (Fsp3) is 0.348. The molecule has 0 spiro atoms. The molecule has 2 amide bonds. The third-order valence-corrected chi connectivity index (χ3v) is 5.63. The highest BCUT2D eigenvalue weighted by Gasteiger charge is 2.31. The fourth-order valence-electron chi connectivity index (χ4n) is 4.01. The Bertz CT molecular complexity index is 970. The summed E-state index contributed by atoms with van der Waals surface area (Å²) < 4.78 is 10.5. The maximum Gasteiger partial charge on any atom is 0.337 e. The van der Waals surface area contributed by atoms with Gasteiger partial charge in [0.2, 0.25) is 0 Å². The van der Waals surface area contributed by atoms with Gasteiger partial charge < -0.3 is 19.7 Å². The summed E-state index contributed by atoms with van der Waals surface area (Å²) in [5.74, 6) is -0.294. The van der Waals surface area contributed by atoms with Crippen LogP contribution in [0.1, 0.15) is 56.8 Å². The molecule has 2 aliphatic rings. The molecule has 30 heavy (non-hydrogen) atoms. The van der Waals surface area contributed by atoms with Gasteiger partial charge >= 0.3 is 5.97 Å². The number of piperidine rings is 1. The molecule has 2 heterocycles. The van der Waals surface area contributed by atoms with Crippen LogP contribution in [0.25, 0.3) is 0 Å². The minimum Gasteiger partial charge on any atom is -0.493 e. The highest BCUT2D eigenvalue weighted by molar-refractivity contribution is 6.06. The van der Waals surface area contributed by atoms with Crippen LogP contribution in [0.2, 0.25) is 0 Å². The van der Waals surface area contributed by atoms with Gasteiger partial charge in [0, 0.05) is 30.3 Å². The van der Waals surface area contributed by atoms with Crippen LogP contribution >= 0.6 is 0 Å². The molecule has 7 heteroatoms. The maximum atomic E-state index is 13.2. The van der Waals surface area contributed by atoms with Crippen molar-refractivity contribution in [2.24, 2.45) is 0 Å². The zero-order chi connectivity index (χ0) is 21.1. The number of nitrogens with zero attached hydrogens (tertiary/aromatic N) is 1. The van der Waals surface area contributed by atoms with Gasteiger partial charge in [-0.2, -0.15) is 0 Å². The van der Waals surface area contributed by atoms with E-state index in [9.17, 15) is 14.4 Å². The van der Waals surface area contributed by atoms with Crippen LogP contribution in [0, 0.1) is 0 Å². The lowest BCUT2D eigenvalue weighted by atomic mass is 9.97. The Kier molecular flexibility index (Phi) is 5.70. The summed E-state index contributed by atoms with van der Waals surface area (Å²) >= 11 is 0. The quantitative estimate of drug-likeness (QED) is 0.786. The summed E-state index contributed by atoms with van der Waals surface area (Å²) in [7, 11) is 1.31. The standard InChI is InChI=1S/C23H24N2O5/c1-29-23(28)16-7-5-15(6-8-16)21(26)24-17-9-10-20-19(14-17)22(27)25-12-3-2-4-18(25)11-13-30-20/h5-10,14,18H,2-4,11-13H2,1H3,(H,24,26). The molecular formula is C23H24N2O5. The predicted octanol–water partition coefficient (Wildman–Crippen LogP) is 3.50. The summed E-state index contributed by atoms with van der Waals surface area (Å²) in [5, 5.41) is 2.82. The van der Waals surface area contributed by atoms with Crippen LogP contribution in [0.3, 0.4) is 0 Å². The van der Waals surface area contributed by atoms with Crippen molar-refractivity contribution in [1.82, 2.24) is 4.90 Å². The number of anilines is 1. The molecule has 0 bridgehead atoms. The van der Waals surface area contributed by atoms with Crippen molar-refractivity contribution < 1.29 is 23.9 Å². The molecule has 0 aromatic heterocycles. The third-order valence-electron chi connectivity index (χ3n) is 5.63. The molecule has 0 saturated carbocycles. The van der Waals surface area contributed by atoms with Crippen LogP contribution < -0.4 is 10.1 Å². The zero-order valence-corrected chi connectivity index (χ0v) is 16.8. The van der Waals surface area contributed by atoms with Crippen molar-refractivity contribution in [2.75, 3.05) is 25.6 Å². The number of nitrogens with one attached hydrogen (secondary N) is 1. The van der Waals surface area contributed by atoms with E-state index in [0.717, 1.165) is 32.2 Å². The summed E-state index contributed by atoms with van der Waals surface area (Å²) in [6.45, 7) is 1.33. The van der Waals surface area contributed by atoms with Crippen molar-refractivity contribution >= 4 is 23.5 Å². The summed E-state index contributed by atoms with van der Waals surface area (Å²) in [6.07, 6.45) is 3.98. The molecule has 4 rings (SSSR count). The largest absolute Gasteiger partial charge is 0.493 e. The number of ether oxygens (including phenoxy) is 2. The molecule has 1 N–H and O–H groups in total. The van der Waals surface area contributed by atoms with E-state index in [1.165, 1.54) is 19.2 Å². The second kappa shape index (κ2) is 8.57. The lowest BCUT2D eigenvalue weighted by Crippen LogP contribution is -2.45. The highest BCUT2D eigenvalue weighted by Crippen LogP contribution is 2.31. The Morgan fingerprint density at radius 3 is 2.60 bits per heavy atom. The summed E-state index contributed by atoms with van der Waals surface area (Å²) in [6, 6.07) is 11.5. The van der Waals surface area contributed by atoms with Crippen molar-refractivity contribution in [1.29, 1.82) is 0 Å². The van der Waals surface area contributed by atoms with Gasteiger partial charge in [-0.1, -0.05) is 0 Å². The molecule has 2 aliphatic heterocycles. The molecule has 0 radical (unpaired) electrons. The van der Waals surface area contributed by atoms with E-state index in [1.54, 1.807) is 30.3 Å². The fourth-order valence-corrected chi connectivity index (χ4v) is 4.01. The lowest BCUT2D eigenvalue weighted by Gasteiger charge is -2.37. The number of carbonyl (C=O) groups is 3. The number of hydrogen-bond donors (Lipinski definition) is 1. The Labute approximate surface area is 175 Å². The number of hydrogen-bond acceptors (Lipinski definition) is 5. The zero-order valence-electron chi connectivity index (χ0n) is 16.8. The van der Waals surface area contributed by atoms with Gasteiger partial charge in [-0.25, -0.2) is 4.79 Å².